The van der Waals surface area contributed by atoms with Gasteiger partial charge in [0.15, 0.2) is 17.7 Å². The number of anilines is 3. The SMILES string of the molecule is Cc1ccc(NC(=O)CN2C(=O)C(C(C)C)Oc3ccc(N)nc32)cc1Cl. The maximum absolute atomic E-state index is 12.8. The number of pyridine rings is 1. The summed E-state index contributed by atoms with van der Waals surface area (Å²) >= 11 is 6.09. The van der Waals surface area contributed by atoms with Crippen molar-refractivity contribution in [1.29, 1.82) is 0 Å². The van der Waals surface area contributed by atoms with Crippen LogP contribution in [0.3, 0.4) is 0 Å². The summed E-state index contributed by atoms with van der Waals surface area (Å²) in [5.41, 5.74) is 7.21. The van der Waals surface area contributed by atoms with Crippen LogP contribution >= 0.6 is 11.6 Å². The number of fused-ring (bicyclic) bond motifs is 1. The molecular formula is C19H21ClN4O3. The van der Waals surface area contributed by atoms with E-state index < -0.39 is 6.10 Å². The first-order chi connectivity index (χ1) is 12.8. The van der Waals surface area contributed by atoms with Crippen LogP contribution in [-0.2, 0) is 9.59 Å². The lowest BCUT2D eigenvalue weighted by atomic mass is 10.0. The Labute approximate surface area is 162 Å². The third kappa shape index (κ3) is 3.98. The molecular weight excluding hydrogens is 368 g/mol. The number of carbonyl (C=O) groups is 2. The van der Waals surface area contributed by atoms with Crippen molar-refractivity contribution in [2.45, 2.75) is 26.9 Å². The van der Waals surface area contributed by atoms with Gasteiger partial charge in [-0.1, -0.05) is 31.5 Å². The van der Waals surface area contributed by atoms with Crippen LogP contribution in [-0.4, -0.2) is 29.4 Å². The van der Waals surface area contributed by atoms with Gasteiger partial charge < -0.3 is 15.8 Å². The van der Waals surface area contributed by atoms with Crippen molar-refractivity contribution in [3.63, 3.8) is 0 Å². The van der Waals surface area contributed by atoms with Crippen molar-refractivity contribution in [2.24, 2.45) is 5.92 Å². The number of nitrogens with two attached hydrogens (primary N) is 1. The molecule has 0 spiro atoms. The Balaban J connectivity index is 1.85. The number of halogens is 1. The van der Waals surface area contributed by atoms with Gasteiger partial charge in [-0.3, -0.25) is 14.5 Å². The topological polar surface area (TPSA) is 97.5 Å². The molecule has 7 nitrogen and oxygen atoms in total. The van der Waals surface area contributed by atoms with E-state index in [1.54, 1.807) is 24.3 Å². The second-order valence-electron chi connectivity index (χ2n) is 6.78. The monoisotopic (exact) mass is 388 g/mol. The Morgan fingerprint density at radius 2 is 2.11 bits per heavy atom. The molecule has 1 aliphatic heterocycles. The van der Waals surface area contributed by atoms with Crippen LogP contribution in [0.2, 0.25) is 5.02 Å². The summed E-state index contributed by atoms with van der Waals surface area (Å²) in [5, 5.41) is 3.30. The first-order valence-electron chi connectivity index (χ1n) is 8.57. The number of nitrogen functional groups attached to an aromatic ring is 1. The van der Waals surface area contributed by atoms with E-state index in [0.717, 1.165) is 5.56 Å². The molecule has 0 bridgehead atoms. The molecule has 3 rings (SSSR count). The van der Waals surface area contributed by atoms with E-state index in [1.165, 1.54) is 4.90 Å². The first-order valence-corrected chi connectivity index (χ1v) is 8.94. The fourth-order valence-corrected chi connectivity index (χ4v) is 2.95. The standard InChI is InChI=1S/C19H21ClN4O3/c1-10(2)17-19(26)24(18-14(27-17)6-7-15(21)23-18)9-16(25)22-12-5-4-11(3)13(20)8-12/h4-8,10,17H,9H2,1-3H3,(H2,21,23)(H,22,25). The summed E-state index contributed by atoms with van der Waals surface area (Å²) in [6.45, 7) is 5.43. The molecule has 2 aromatic rings. The molecule has 1 atom stereocenters. The predicted octanol–water partition coefficient (Wildman–Crippen LogP) is 3.01. The smallest absolute Gasteiger partial charge is 0.270 e. The number of rotatable bonds is 4. The molecule has 0 aliphatic carbocycles. The van der Waals surface area contributed by atoms with Crippen LogP contribution < -0.4 is 20.7 Å². The number of benzene rings is 1. The summed E-state index contributed by atoms with van der Waals surface area (Å²) in [6, 6.07) is 8.48. The number of aromatic nitrogens is 1. The quantitative estimate of drug-likeness (QED) is 0.839. The zero-order chi connectivity index (χ0) is 19.7. The zero-order valence-electron chi connectivity index (χ0n) is 15.3. The van der Waals surface area contributed by atoms with Gasteiger partial charge in [-0.05, 0) is 42.7 Å². The van der Waals surface area contributed by atoms with Crippen LogP contribution in [0.4, 0.5) is 17.3 Å². The van der Waals surface area contributed by atoms with Crippen molar-refractivity contribution in [2.75, 3.05) is 22.5 Å². The lowest BCUT2D eigenvalue weighted by Gasteiger charge is -2.34. The third-order valence-corrected chi connectivity index (χ3v) is 4.65. The van der Waals surface area contributed by atoms with Gasteiger partial charge in [0.2, 0.25) is 5.91 Å². The fraction of sp³-hybridized carbons (Fsp3) is 0.316. The van der Waals surface area contributed by atoms with Crippen LogP contribution in [0.25, 0.3) is 0 Å². The minimum atomic E-state index is -0.690. The normalized spacial score (nSPS) is 16.1. The first kappa shape index (κ1) is 19.0. The van der Waals surface area contributed by atoms with Gasteiger partial charge in [0, 0.05) is 10.7 Å². The van der Waals surface area contributed by atoms with Gasteiger partial charge in [-0.2, -0.15) is 0 Å². The molecule has 0 radical (unpaired) electrons. The second kappa shape index (κ2) is 7.44. The predicted molar refractivity (Wildman–Crippen MR) is 105 cm³/mol. The lowest BCUT2D eigenvalue weighted by molar-refractivity contribution is -0.129. The van der Waals surface area contributed by atoms with Gasteiger partial charge in [-0.15, -0.1) is 0 Å². The number of hydrogen-bond donors (Lipinski definition) is 2. The Hall–Kier alpha value is -2.80. The van der Waals surface area contributed by atoms with E-state index in [1.807, 2.05) is 26.8 Å². The minimum Gasteiger partial charge on any atom is -0.476 e. The second-order valence-corrected chi connectivity index (χ2v) is 7.18. The molecule has 2 amide bonds. The third-order valence-electron chi connectivity index (χ3n) is 4.24. The lowest BCUT2D eigenvalue weighted by Crippen LogP contribution is -2.51. The van der Waals surface area contributed by atoms with E-state index in [-0.39, 0.29) is 35.9 Å². The molecule has 8 heteroatoms. The molecule has 0 fully saturated rings. The number of aryl methyl sites for hydroxylation is 1. The summed E-state index contributed by atoms with van der Waals surface area (Å²) in [4.78, 5) is 30.9. The van der Waals surface area contributed by atoms with E-state index in [9.17, 15) is 9.59 Å². The fourth-order valence-electron chi connectivity index (χ4n) is 2.77. The van der Waals surface area contributed by atoms with E-state index >= 15 is 0 Å². The molecule has 0 saturated carbocycles. The number of hydrogen-bond acceptors (Lipinski definition) is 5. The molecule has 1 aliphatic rings. The Kier molecular flexibility index (Phi) is 5.23. The average molecular weight is 389 g/mol. The highest BCUT2D eigenvalue weighted by molar-refractivity contribution is 6.31. The molecule has 1 unspecified atom stereocenters. The van der Waals surface area contributed by atoms with E-state index in [4.69, 9.17) is 22.1 Å². The van der Waals surface area contributed by atoms with Crippen molar-refractivity contribution in [3.05, 3.63) is 40.9 Å². The molecule has 142 valence electrons. The highest BCUT2D eigenvalue weighted by Crippen LogP contribution is 2.34. The van der Waals surface area contributed by atoms with Crippen molar-refractivity contribution < 1.29 is 14.3 Å². The van der Waals surface area contributed by atoms with Gasteiger partial charge in [-0.25, -0.2) is 4.98 Å². The molecule has 1 aromatic carbocycles. The van der Waals surface area contributed by atoms with Crippen LogP contribution in [0.15, 0.2) is 30.3 Å². The summed E-state index contributed by atoms with van der Waals surface area (Å²) in [7, 11) is 0. The van der Waals surface area contributed by atoms with Gasteiger partial charge in [0.05, 0.1) is 0 Å². The van der Waals surface area contributed by atoms with Gasteiger partial charge in [0.25, 0.3) is 5.91 Å². The highest BCUT2D eigenvalue weighted by Gasteiger charge is 2.38. The molecule has 2 heterocycles. The largest absolute Gasteiger partial charge is 0.476 e. The molecule has 1 aromatic heterocycles. The number of carbonyl (C=O) groups excluding carboxylic acids is 2. The van der Waals surface area contributed by atoms with E-state index in [2.05, 4.69) is 10.3 Å². The Morgan fingerprint density at radius 1 is 1.37 bits per heavy atom. The average Bonchev–Trinajstić information content (AvgIpc) is 2.60. The van der Waals surface area contributed by atoms with Crippen molar-refractivity contribution >= 4 is 40.7 Å². The summed E-state index contributed by atoms with van der Waals surface area (Å²) < 4.78 is 5.76. The van der Waals surface area contributed by atoms with Crippen molar-refractivity contribution in [3.8, 4) is 5.75 Å². The van der Waals surface area contributed by atoms with Crippen LogP contribution in [0, 0.1) is 12.8 Å². The maximum Gasteiger partial charge on any atom is 0.270 e. The molecule has 27 heavy (non-hydrogen) atoms. The Bertz CT molecular complexity index is 901. The molecule has 3 N–H and O–H groups in total. The summed E-state index contributed by atoms with van der Waals surface area (Å²) in [5.74, 6) is 0.145. The van der Waals surface area contributed by atoms with Crippen LogP contribution in [0.1, 0.15) is 19.4 Å². The maximum atomic E-state index is 12.8. The van der Waals surface area contributed by atoms with E-state index in [0.29, 0.717) is 16.5 Å². The zero-order valence-corrected chi connectivity index (χ0v) is 16.1. The number of amides is 2. The summed E-state index contributed by atoms with van der Waals surface area (Å²) in [6.07, 6.45) is -0.690. The number of nitrogens with zero attached hydrogens (tertiary/aromatic N) is 2. The highest BCUT2D eigenvalue weighted by atomic mass is 35.5. The number of ether oxygens (including phenoxy) is 1. The van der Waals surface area contributed by atoms with Crippen molar-refractivity contribution in [1.82, 2.24) is 4.98 Å². The minimum absolute atomic E-state index is 0.0651. The van der Waals surface area contributed by atoms with Crippen LogP contribution in [0.5, 0.6) is 5.75 Å². The Morgan fingerprint density at radius 3 is 2.78 bits per heavy atom. The van der Waals surface area contributed by atoms with Gasteiger partial charge >= 0.3 is 0 Å². The van der Waals surface area contributed by atoms with Gasteiger partial charge in [0.1, 0.15) is 12.4 Å². The number of nitrogens with one attached hydrogen (secondary N) is 1. The molecule has 0 saturated heterocycles.